The van der Waals surface area contributed by atoms with Gasteiger partial charge in [0.2, 0.25) is 0 Å². The Balaban J connectivity index is 1.86. The number of carbonyl (C=O) groups is 1. The molecule has 1 aromatic rings. The van der Waals surface area contributed by atoms with Gasteiger partial charge in [0.05, 0.1) is 19.2 Å². The monoisotopic (exact) mass is 262 g/mol. The normalized spacial score (nSPS) is 25.9. The number of amides is 1. The van der Waals surface area contributed by atoms with E-state index in [0.29, 0.717) is 13.2 Å². The van der Waals surface area contributed by atoms with Crippen molar-refractivity contribution in [2.24, 2.45) is 0 Å². The van der Waals surface area contributed by atoms with Crippen LogP contribution in [0.1, 0.15) is 12.0 Å². The topological polar surface area (TPSA) is 50.8 Å². The Kier molecular flexibility index (Phi) is 3.06. The van der Waals surface area contributed by atoms with E-state index in [4.69, 9.17) is 9.47 Å². The summed E-state index contributed by atoms with van der Waals surface area (Å²) in [4.78, 5) is 13.8. The highest BCUT2D eigenvalue weighted by Crippen LogP contribution is 2.33. The van der Waals surface area contributed by atoms with Crippen molar-refractivity contribution in [2.75, 3.05) is 26.8 Å². The summed E-state index contributed by atoms with van der Waals surface area (Å²) >= 11 is 0. The van der Waals surface area contributed by atoms with Crippen molar-refractivity contribution >= 4 is 6.09 Å². The Morgan fingerprint density at radius 1 is 1.47 bits per heavy atom. The summed E-state index contributed by atoms with van der Waals surface area (Å²) < 4.78 is 10.6. The molecule has 2 aliphatic rings. The summed E-state index contributed by atoms with van der Waals surface area (Å²) in [6.07, 6.45) is 0.711. The second kappa shape index (κ2) is 4.74. The Labute approximate surface area is 112 Å². The minimum absolute atomic E-state index is 0.183. The lowest BCUT2D eigenvalue weighted by molar-refractivity contribution is 0.149. The summed E-state index contributed by atoms with van der Waals surface area (Å²) in [6, 6.07) is 7.78. The summed E-state index contributed by atoms with van der Waals surface area (Å²) in [6.45, 7) is 2.74. The highest BCUT2D eigenvalue weighted by atomic mass is 16.6. The van der Waals surface area contributed by atoms with Crippen LogP contribution >= 0.6 is 0 Å². The van der Waals surface area contributed by atoms with Crippen LogP contribution in [0.2, 0.25) is 0 Å². The third kappa shape index (κ3) is 2.04. The van der Waals surface area contributed by atoms with E-state index >= 15 is 0 Å². The van der Waals surface area contributed by atoms with E-state index in [1.807, 2.05) is 29.2 Å². The van der Waals surface area contributed by atoms with Crippen molar-refractivity contribution < 1.29 is 14.3 Å². The largest absolute Gasteiger partial charge is 0.496 e. The third-order valence-corrected chi connectivity index (χ3v) is 4.00. The molecule has 1 spiro atoms. The third-order valence-electron chi connectivity index (χ3n) is 4.00. The lowest BCUT2D eigenvalue weighted by Crippen LogP contribution is -2.48. The molecule has 0 saturated carbocycles. The fraction of sp³-hybridized carbons (Fsp3) is 0.500. The van der Waals surface area contributed by atoms with Gasteiger partial charge in [0, 0.05) is 12.1 Å². The zero-order chi connectivity index (χ0) is 13.3. The van der Waals surface area contributed by atoms with Crippen LogP contribution < -0.4 is 10.1 Å². The molecule has 0 bridgehead atoms. The predicted molar refractivity (Wildman–Crippen MR) is 70.1 cm³/mol. The van der Waals surface area contributed by atoms with Gasteiger partial charge in [0.1, 0.15) is 12.4 Å². The summed E-state index contributed by atoms with van der Waals surface area (Å²) in [5.41, 5.74) is 0.827. The molecule has 102 valence electrons. The highest BCUT2D eigenvalue weighted by Gasteiger charge is 2.49. The van der Waals surface area contributed by atoms with Crippen LogP contribution in [0.25, 0.3) is 0 Å². The number of hydrogen-bond donors (Lipinski definition) is 1. The average molecular weight is 262 g/mol. The van der Waals surface area contributed by atoms with Crippen LogP contribution in [0.5, 0.6) is 5.75 Å². The molecule has 1 amide bonds. The van der Waals surface area contributed by atoms with Gasteiger partial charge in [0.25, 0.3) is 0 Å². The fourth-order valence-corrected chi connectivity index (χ4v) is 2.87. The van der Waals surface area contributed by atoms with Crippen molar-refractivity contribution in [1.82, 2.24) is 10.2 Å². The number of methoxy groups -OCH3 is 1. The molecule has 0 aromatic heterocycles. The van der Waals surface area contributed by atoms with E-state index in [2.05, 4.69) is 5.32 Å². The smallest absolute Gasteiger partial charge is 0.410 e. The van der Waals surface area contributed by atoms with Crippen LogP contribution in [0.15, 0.2) is 24.3 Å². The number of rotatable bonds is 3. The summed E-state index contributed by atoms with van der Waals surface area (Å²) in [7, 11) is 1.65. The molecule has 0 aliphatic carbocycles. The molecule has 2 heterocycles. The van der Waals surface area contributed by atoms with Gasteiger partial charge in [-0.1, -0.05) is 18.2 Å². The molecule has 1 unspecified atom stereocenters. The van der Waals surface area contributed by atoms with E-state index in [9.17, 15) is 4.79 Å². The molecule has 2 saturated heterocycles. The SMILES string of the molecule is COc1ccccc1CN1C(=O)OCC12CCNC2. The Bertz CT molecular complexity index is 483. The number of ether oxygens (including phenoxy) is 2. The number of para-hydroxylation sites is 1. The Morgan fingerprint density at radius 3 is 3.05 bits per heavy atom. The second-order valence-corrected chi connectivity index (χ2v) is 5.10. The van der Waals surface area contributed by atoms with E-state index < -0.39 is 0 Å². The fourth-order valence-electron chi connectivity index (χ4n) is 2.87. The first-order valence-electron chi connectivity index (χ1n) is 6.52. The van der Waals surface area contributed by atoms with E-state index in [0.717, 1.165) is 30.8 Å². The number of cyclic esters (lactones) is 1. The Hall–Kier alpha value is -1.75. The van der Waals surface area contributed by atoms with Crippen LogP contribution in [0, 0.1) is 0 Å². The van der Waals surface area contributed by atoms with Gasteiger partial charge in [-0.15, -0.1) is 0 Å². The highest BCUT2D eigenvalue weighted by molar-refractivity contribution is 5.71. The quantitative estimate of drug-likeness (QED) is 0.894. The molecule has 5 nitrogen and oxygen atoms in total. The number of benzene rings is 1. The zero-order valence-electron chi connectivity index (χ0n) is 11.0. The van der Waals surface area contributed by atoms with Crippen molar-refractivity contribution in [2.45, 2.75) is 18.5 Å². The molecule has 1 atom stereocenters. The maximum absolute atomic E-state index is 12.0. The van der Waals surface area contributed by atoms with E-state index in [-0.39, 0.29) is 11.6 Å². The van der Waals surface area contributed by atoms with Crippen LogP contribution in [0.4, 0.5) is 4.79 Å². The maximum atomic E-state index is 12.0. The van der Waals surface area contributed by atoms with Gasteiger partial charge in [-0.25, -0.2) is 4.79 Å². The van der Waals surface area contributed by atoms with Gasteiger partial charge >= 0.3 is 6.09 Å². The molecule has 2 aliphatic heterocycles. The zero-order valence-corrected chi connectivity index (χ0v) is 11.0. The summed E-state index contributed by atoms with van der Waals surface area (Å²) in [5.74, 6) is 0.809. The average Bonchev–Trinajstić information content (AvgIpc) is 3.03. The van der Waals surface area contributed by atoms with Gasteiger partial charge in [-0.3, -0.25) is 4.90 Å². The van der Waals surface area contributed by atoms with Gasteiger partial charge in [-0.2, -0.15) is 0 Å². The number of hydrogen-bond acceptors (Lipinski definition) is 4. The van der Waals surface area contributed by atoms with Crippen molar-refractivity contribution in [3.05, 3.63) is 29.8 Å². The first kappa shape index (κ1) is 12.3. The molecule has 19 heavy (non-hydrogen) atoms. The molecule has 1 N–H and O–H groups in total. The number of nitrogens with one attached hydrogen (secondary N) is 1. The van der Waals surface area contributed by atoms with Gasteiger partial charge in [-0.05, 0) is 19.0 Å². The van der Waals surface area contributed by atoms with Crippen molar-refractivity contribution in [3.8, 4) is 5.75 Å². The molecular formula is C14H18N2O3. The lowest BCUT2D eigenvalue weighted by atomic mass is 9.98. The Morgan fingerprint density at radius 2 is 2.32 bits per heavy atom. The number of carbonyl (C=O) groups excluding carboxylic acids is 1. The molecular weight excluding hydrogens is 244 g/mol. The molecule has 2 fully saturated rings. The van der Waals surface area contributed by atoms with Crippen molar-refractivity contribution in [1.29, 1.82) is 0 Å². The maximum Gasteiger partial charge on any atom is 0.410 e. The summed E-state index contributed by atoms with van der Waals surface area (Å²) in [5, 5.41) is 3.31. The first-order chi connectivity index (χ1) is 9.25. The van der Waals surface area contributed by atoms with Gasteiger partial charge < -0.3 is 14.8 Å². The standard InChI is InChI=1S/C14H18N2O3/c1-18-12-5-3-2-4-11(12)8-16-13(17)19-10-14(16)6-7-15-9-14/h2-5,15H,6-10H2,1H3. The van der Waals surface area contributed by atoms with E-state index in [1.54, 1.807) is 7.11 Å². The minimum Gasteiger partial charge on any atom is -0.496 e. The second-order valence-electron chi connectivity index (χ2n) is 5.10. The number of nitrogens with zero attached hydrogens (tertiary/aromatic N) is 1. The molecule has 5 heteroatoms. The minimum atomic E-state index is -0.227. The molecule has 0 radical (unpaired) electrons. The molecule has 1 aromatic carbocycles. The van der Waals surface area contributed by atoms with Crippen molar-refractivity contribution in [3.63, 3.8) is 0 Å². The lowest BCUT2D eigenvalue weighted by Gasteiger charge is -2.31. The van der Waals surface area contributed by atoms with Crippen LogP contribution in [0.3, 0.4) is 0 Å². The predicted octanol–water partition coefficient (Wildman–Crippen LogP) is 1.38. The van der Waals surface area contributed by atoms with Gasteiger partial charge in [0.15, 0.2) is 0 Å². The van der Waals surface area contributed by atoms with E-state index in [1.165, 1.54) is 0 Å². The van der Waals surface area contributed by atoms with Crippen LogP contribution in [-0.4, -0.2) is 43.3 Å². The molecule has 3 rings (SSSR count). The first-order valence-corrected chi connectivity index (χ1v) is 6.52. The van der Waals surface area contributed by atoms with Crippen LogP contribution in [-0.2, 0) is 11.3 Å².